The lowest BCUT2D eigenvalue weighted by atomic mass is 10.1. The first-order valence-corrected chi connectivity index (χ1v) is 7.12. The van der Waals surface area contributed by atoms with Crippen LogP contribution in [0.4, 0.5) is 0 Å². The smallest absolute Gasteiger partial charge is 0.342 e. The molecule has 1 aromatic carbocycles. The highest BCUT2D eigenvalue weighted by Gasteiger charge is 2.13. The van der Waals surface area contributed by atoms with Crippen LogP contribution >= 0.6 is 12.2 Å². The van der Waals surface area contributed by atoms with Gasteiger partial charge >= 0.3 is 5.97 Å². The van der Waals surface area contributed by atoms with Crippen LogP contribution in [0.3, 0.4) is 0 Å². The first-order chi connectivity index (χ1) is 10.0. The highest BCUT2D eigenvalue weighted by atomic mass is 32.1. The van der Waals surface area contributed by atoms with Gasteiger partial charge in [0.25, 0.3) is 5.56 Å². The fraction of sp³-hybridized carbons (Fsp3) is 0.267. The van der Waals surface area contributed by atoms with Gasteiger partial charge in [-0.1, -0.05) is 25.5 Å². The predicted molar refractivity (Wildman–Crippen MR) is 82.8 cm³/mol. The quantitative estimate of drug-likeness (QED) is 0.833. The third-order valence-electron chi connectivity index (χ3n) is 3.22. The SMILES string of the molecule is CCCCc1ccc(-n2c(=S)[nH]cc(C(=O)O)c2=O)cc1. The molecule has 0 radical (unpaired) electrons. The van der Waals surface area contributed by atoms with E-state index in [2.05, 4.69) is 11.9 Å². The molecule has 0 saturated carbocycles. The molecular weight excluding hydrogens is 288 g/mol. The van der Waals surface area contributed by atoms with Crippen molar-refractivity contribution in [1.82, 2.24) is 9.55 Å². The van der Waals surface area contributed by atoms with E-state index in [-0.39, 0.29) is 10.3 Å². The molecule has 0 spiro atoms. The number of aromatic amines is 1. The van der Waals surface area contributed by atoms with Crippen LogP contribution in [0.1, 0.15) is 35.7 Å². The van der Waals surface area contributed by atoms with Crippen LogP contribution in [0.2, 0.25) is 0 Å². The van der Waals surface area contributed by atoms with Gasteiger partial charge < -0.3 is 10.1 Å². The summed E-state index contributed by atoms with van der Waals surface area (Å²) in [5, 5.41) is 9.00. The molecule has 0 amide bonds. The van der Waals surface area contributed by atoms with E-state index in [1.54, 1.807) is 12.1 Å². The van der Waals surface area contributed by atoms with Crippen LogP contribution < -0.4 is 5.56 Å². The summed E-state index contributed by atoms with van der Waals surface area (Å²) >= 11 is 5.09. The number of nitrogens with zero attached hydrogens (tertiary/aromatic N) is 1. The number of hydrogen-bond donors (Lipinski definition) is 2. The van der Waals surface area contributed by atoms with E-state index in [0.717, 1.165) is 25.5 Å². The van der Waals surface area contributed by atoms with Crippen molar-refractivity contribution in [3.05, 3.63) is 56.7 Å². The second-order valence-corrected chi connectivity index (χ2v) is 5.11. The van der Waals surface area contributed by atoms with Gasteiger partial charge in [-0.3, -0.25) is 9.36 Å². The minimum atomic E-state index is -1.28. The van der Waals surface area contributed by atoms with Crippen molar-refractivity contribution in [3.8, 4) is 5.69 Å². The second-order valence-electron chi connectivity index (χ2n) is 4.72. The summed E-state index contributed by atoms with van der Waals surface area (Å²) in [6.07, 6.45) is 4.33. The topological polar surface area (TPSA) is 75.1 Å². The molecule has 2 rings (SSSR count). The van der Waals surface area contributed by atoms with Gasteiger partial charge in [0.15, 0.2) is 4.77 Å². The third kappa shape index (κ3) is 3.28. The summed E-state index contributed by atoms with van der Waals surface area (Å²) < 4.78 is 1.37. The van der Waals surface area contributed by atoms with Crippen molar-refractivity contribution in [2.24, 2.45) is 0 Å². The van der Waals surface area contributed by atoms with Crippen molar-refractivity contribution in [1.29, 1.82) is 0 Å². The molecule has 0 aliphatic rings. The molecule has 0 bridgehead atoms. The van der Waals surface area contributed by atoms with E-state index in [0.29, 0.717) is 5.69 Å². The van der Waals surface area contributed by atoms with Gasteiger partial charge in [0, 0.05) is 6.20 Å². The molecule has 0 atom stereocenters. The molecule has 0 fully saturated rings. The highest BCUT2D eigenvalue weighted by molar-refractivity contribution is 7.71. The number of nitrogens with one attached hydrogen (secondary N) is 1. The minimum absolute atomic E-state index is 0.173. The van der Waals surface area contributed by atoms with Gasteiger partial charge in [0.1, 0.15) is 5.56 Å². The number of benzene rings is 1. The van der Waals surface area contributed by atoms with E-state index in [1.807, 2.05) is 12.1 Å². The second kappa shape index (κ2) is 6.49. The Morgan fingerprint density at radius 3 is 2.57 bits per heavy atom. The van der Waals surface area contributed by atoms with E-state index in [9.17, 15) is 9.59 Å². The molecule has 2 N–H and O–H groups in total. The Labute approximate surface area is 126 Å². The van der Waals surface area contributed by atoms with Gasteiger partial charge in [0.05, 0.1) is 5.69 Å². The molecule has 0 aliphatic heterocycles. The van der Waals surface area contributed by atoms with Gasteiger partial charge in [-0.2, -0.15) is 0 Å². The molecule has 6 heteroatoms. The number of aryl methyl sites for hydroxylation is 1. The summed E-state index contributed by atoms with van der Waals surface area (Å²) in [5.74, 6) is -1.28. The maximum absolute atomic E-state index is 12.2. The zero-order valence-corrected chi connectivity index (χ0v) is 12.4. The first-order valence-electron chi connectivity index (χ1n) is 6.72. The van der Waals surface area contributed by atoms with Gasteiger partial charge in [-0.05, 0) is 42.8 Å². The fourth-order valence-electron chi connectivity index (χ4n) is 2.05. The monoisotopic (exact) mass is 304 g/mol. The predicted octanol–water partition coefficient (Wildman–Crippen LogP) is 2.94. The zero-order chi connectivity index (χ0) is 15.4. The molecule has 1 aromatic heterocycles. The number of H-pyrrole nitrogens is 1. The molecular formula is C15H16N2O3S. The Morgan fingerprint density at radius 1 is 1.33 bits per heavy atom. The number of carboxylic acids is 1. The van der Waals surface area contributed by atoms with Crippen LogP contribution in [0.15, 0.2) is 35.3 Å². The van der Waals surface area contributed by atoms with Crippen LogP contribution in [0.5, 0.6) is 0 Å². The van der Waals surface area contributed by atoms with Gasteiger partial charge in [-0.25, -0.2) is 4.79 Å². The summed E-state index contributed by atoms with van der Waals surface area (Å²) in [6.45, 7) is 2.13. The van der Waals surface area contributed by atoms with Crippen molar-refractivity contribution < 1.29 is 9.90 Å². The summed E-state index contributed by atoms with van der Waals surface area (Å²) in [5.41, 5.74) is 0.772. The van der Waals surface area contributed by atoms with Crippen LogP contribution in [-0.2, 0) is 6.42 Å². The number of carbonyl (C=O) groups is 1. The molecule has 1 heterocycles. The van der Waals surface area contributed by atoms with Crippen molar-refractivity contribution in [3.63, 3.8) is 0 Å². The normalized spacial score (nSPS) is 10.5. The number of carboxylic acid groups (broad SMARTS) is 1. The van der Waals surface area contributed by atoms with Gasteiger partial charge in [0.2, 0.25) is 0 Å². The number of rotatable bonds is 5. The zero-order valence-electron chi connectivity index (χ0n) is 11.6. The van der Waals surface area contributed by atoms with Crippen molar-refractivity contribution >= 4 is 18.2 Å². The van der Waals surface area contributed by atoms with E-state index < -0.39 is 11.5 Å². The number of unbranched alkanes of at least 4 members (excludes halogenated alkanes) is 1. The molecule has 110 valence electrons. The molecule has 2 aromatic rings. The minimum Gasteiger partial charge on any atom is -0.477 e. The van der Waals surface area contributed by atoms with Gasteiger partial charge in [-0.15, -0.1) is 0 Å². The Kier molecular flexibility index (Phi) is 4.70. The standard InChI is InChI=1S/C15H16N2O3S/c1-2-3-4-10-5-7-11(8-6-10)17-13(18)12(14(19)20)9-16-15(17)21/h5-9H,2-4H2,1H3,(H,16,21)(H,19,20). The average molecular weight is 304 g/mol. The Balaban J connectivity index is 2.47. The number of hydrogen-bond acceptors (Lipinski definition) is 3. The van der Waals surface area contributed by atoms with Crippen molar-refractivity contribution in [2.75, 3.05) is 0 Å². The van der Waals surface area contributed by atoms with Crippen LogP contribution in [0.25, 0.3) is 5.69 Å². The lowest BCUT2D eigenvalue weighted by molar-refractivity contribution is 0.0694. The molecule has 0 saturated heterocycles. The number of aromatic carboxylic acids is 1. The Hall–Kier alpha value is -2.21. The van der Waals surface area contributed by atoms with E-state index in [4.69, 9.17) is 17.3 Å². The molecule has 5 nitrogen and oxygen atoms in total. The summed E-state index contributed by atoms with van der Waals surface area (Å²) in [7, 11) is 0. The molecule has 21 heavy (non-hydrogen) atoms. The number of aromatic nitrogens is 2. The summed E-state index contributed by atoms with van der Waals surface area (Å²) in [4.78, 5) is 25.8. The van der Waals surface area contributed by atoms with E-state index in [1.165, 1.54) is 10.1 Å². The molecule has 0 aliphatic carbocycles. The fourth-order valence-corrected chi connectivity index (χ4v) is 2.30. The Bertz CT molecular complexity index is 760. The van der Waals surface area contributed by atoms with Crippen LogP contribution in [-0.4, -0.2) is 20.6 Å². The third-order valence-corrected chi connectivity index (χ3v) is 3.52. The highest BCUT2D eigenvalue weighted by Crippen LogP contribution is 2.11. The van der Waals surface area contributed by atoms with E-state index >= 15 is 0 Å². The lowest BCUT2D eigenvalue weighted by Gasteiger charge is -2.08. The van der Waals surface area contributed by atoms with Crippen molar-refractivity contribution in [2.45, 2.75) is 26.2 Å². The average Bonchev–Trinajstić information content (AvgIpc) is 2.46. The first kappa shape index (κ1) is 15.2. The molecule has 0 unspecified atom stereocenters. The maximum Gasteiger partial charge on any atom is 0.342 e. The van der Waals surface area contributed by atoms with Crippen LogP contribution in [0, 0.1) is 4.77 Å². The maximum atomic E-state index is 12.2. The lowest BCUT2D eigenvalue weighted by Crippen LogP contribution is -2.26. The Morgan fingerprint density at radius 2 is 2.00 bits per heavy atom. The summed E-state index contributed by atoms with van der Waals surface area (Å²) in [6, 6.07) is 7.42. The largest absolute Gasteiger partial charge is 0.477 e.